The summed E-state index contributed by atoms with van der Waals surface area (Å²) in [6.07, 6.45) is 2.02. The van der Waals surface area contributed by atoms with Crippen molar-refractivity contribution in [3.63, 3.8) is 0 Å². The molecule has 2 aromatic rings. The van der Waals surface area contributed by atoms with E-state index < -0.39 is 0 Å². The lowest BCUT2D eigenvalue weighted by Crippen LogP contribution is -1.98. The van der Waals surface area contributed by atoms with Gasteiger partial charge in [-0.1, -0.05) is 6.07 Å². The summed E-state index contributed by atoms with van der Waals surface area (Å²) in [5, 5.41) is 6.48. The first-order chi connectivity index (χ1) is 6.79. The molecule has 0 bridgehead atoms. The highest BCUT2D eigenvalue weighted by Gasteiger charge is 2.03. The van der Waals surface area contributed by atoms with Gasteiger partial charge in [-0.3, -0.25) is 4.68 Å². The topological polar surface area (TPSA) is 43.8 Å². The van der Waals surface area contributed by atoms with Gasteiger partial charge in [0.05, 0.1) is 12.2 Å². The Morgan fingerprint density at radius 3 is 3.00 bits per heavy atom. The number of aromatic nitrogens is 2. The van der Waals surface area contributed by atoms with Crippen molar-refractivity contribution in [1.82, 2.24) is 9.78 Å². The van der Waals surface area contributed by atoms with Gasteiger partial charge in [-0.05, 0) is 18.4 Å². The molecule has 0 spiro atoms. The molecule has 0 saturated heterocycles. The molecular weight excluding hydrogens is 194 g/mol. The Balaban J connectivity index is 2.17. The molecule has 0 saturated carbocycles. The average Bonchev–Trinajstić information content (AvgIpc) is 2.76. The van der Waals surface area contributed by atoms with E-state index in [0.29, 0.717) is 6.54 Å². The molecule has 14 heavy (non-hydrogen) atoms. The number of nitrogens with zero attached hydrogens (tertiary/aromatic N) is 2. The summed E-state index contributed by atoms with van der Waals surface area (Å²) in [5.41, 5.74) is 7.74. The zero-order chi connectivity index (χ0) is 9.97. The standard InChI is InChI=1S/C10H13N3S/c1-8-9(5-11)6-13(12-8)7-10-3-2-4-14-10/h2-4,6H,5,7,11H2,1H3. The van der Waals surface area contributed by atoms with Crippen molar-refractivity contribution in [3.05, 3.63) is 39.8 Å². The van der Waals surface area contributed by atoms with Crippen LogP contribution in [0.1, 0.15) is 16.1 Å². The summed E-state index contributed by atoms with van der Waals surface area (Å²) in [6, 6.07) is 4.17. The summed E-state index contributed by atoms with van der Waals surface area (Å²) in [7, 11) is 0. The van der Waals surface area contributed by atoms with Crippen molar-refractivity contribution in [3.8, 4) is 0 Å². The fourth-order valence-corrected chi connectivity index (χ4v) is 2.10. The second kappa shape index (κ2) is 3.94. The summed E-state index contributed by atoms with van der Waals surface area (Å²) in [6.45, 7) is 3.40. The minimum atomic E-state index is 0.566. The monoisotopic (exact) mass is 207 g/mol. The van der Waals surface area contributed by atoms with Gasteiger partial charge in [-0.2, -0.15) is 5.10 Å². The third kappa shape index (κ3) is 1.86. The smallest absolute Gasteiger partial charge is 0.0752 e. The predicted molar refractivity (Wildman–Crippen MR) is 58.3 cm³/mol. The molecule has 0 atom stereocenters. The third-order valence-corrected chi connectivity index (χ3v) is 3.03. The largest absolute Gasteiger partial charge is 0.326 e. The summed E-state index contributed by atoms with van der Waals surface area (Å²) < 4.78 is 1.95. The van der Waals surface area contributed by atoms with E-state index in [0.717, 1.165) is 17.8 Å². The van der Waals surface area contributed by atoms with Crippen LogP contribution in [0.4, 0.5) is 0 Å². The second-order valence-corrected chi connectivity index (χ2v) is 4.25. The van der Waals surface area contributed by atoms with E-state index in [1.54, 1.807) is 11.3 Å². The van der Waals surface area contributed by atoms with Crippen LogP contribution in [0.25, 0.3) is 0 Å². The number of hydrogen-bond acceptors (Lipinski definition) is 3. The molecule has 0 aliphatic carbocycles. The zero-order valence-electron chi connectivity index (χ0n) is 8.10. The molecule has 4 heteroatoms. The quantitative estimate of drug-likeness (QED) is 0.833. The van der Waals surface area contributed by atoms with Crippen LogP contribution < -0.4 is 5.73 Å². The Hall–Kier alpha value is -1.13. The van der Waals surface area contributed by atoms with Crippen molar-refractivity contribution in [2.45, 2.75) is 20.0 Å². The lowest BCUT2D eigenvalue weighted by molar-refractivity contribution is 0.687. The summed E-state index contributed by atoms with van der Waals surface area (Å²) >= 11 is 1.75. The summed E-state index contributed by atoms with van der Waals surface area (Å²) in [4.78, 5) is 1.32. The molecule has 0 aliphatic heterocycles. The molecule has 3 nitrogen and oxygen atoms in total. The van der Waals surface area contributed by atoms with Crippen molar-refractivity contribution in [2.24, 2.45) is 5.73 Å². The first kappa shape index (κ1) is 9.43. The Morgan fingerprint density at radius 2 is 2.43 bits per heavy atom. The molecule has 74 valence electrons. The molecule has 2 aromatic heterocycles. The van der Waals surface area contributed by atoms with E-state index in [1.807, 2.05) is 17.8 Å². The zero-order valence-corrected chi connectivity index (χ0v) is 8.92. The van der Waals surface area contributed by atoms with Crippen molar-refractivity contribution in [2.75, 3.05) is 0 Å². The van der Waals surface area contributed by atoms with Crippen LogP contribution in [0.3, 0.4) is 0 Å². The van der Waals surface area contributed by atoms with Gasteiger partial charge in [-0.15, -0.1) is 11.3 Å². The number of nitrogens with two attached hydrogens (primary N) is 1. The van der Waals surface area contributed by atoms with Crippen molar-refractivity contribution < 1.29 is 0 Å². The lowest BCUT2D eigenvalue weighted by atomic mass is 10.3. The van der Waals surface area contributed by atoms with E-state index in [2.05, 4.69) is 22.6 Å². The van der Waals surface area contributed by atoms with Crippen molar-refractivity contribution in [1.29, 1.82) is 0 Å². The Kier molecular flexibility index (Phi) is 2.65. The van der Waals surface area contributed by atoms with E-state index in [1.165, 1.54) is 4.88 Å². The molecule has 0 unspecified atom stereocenters. The Labute approximate surface area is 87.2 Å². The van der Waals surface area contributed by atoms with Crippen LogP contribution in [-0.4, -0.2) is 9.78 Å². The van der Waals surface area contributed by atoms with E-state index in [-0.39, 0.29) is 0 Å². The van der Waals surface area contributed by atoms with Gasteiger partial charge in [0.1, 0.15) is 0 Å². The molecule has 0 aliphatic rings. The number of hydrogen-bond donors (Lipinski definition) is 1. The normalized spacial score (nSPS) is 10.7. The van der Waals surface area contributed by atoms with Crippen LogP contribution in [-0.2, 0) is 13.1 Å². The maximum Gasteiger partial charge on any atom is 0.0752 e. The molecule has 0 fully saturated rings. The first-order valence-electron chi connectivity index (χ1n) is 4.55. The van der Waals surface area contributed by atoms with Gasteiger partial charge in [0.2, 0.25) is 0 Å². The highest BCUT2D eigenvalue weighted by atomic mass is 32.1. The third-order valence-electron chi connectivity index (χ3n) is 2.17. The minimum Gasteiger partial charge on any atom is -0.326 e. The predicted octanol–water partition coefficient (Wildman–Crippen LogP) is 1.76. The fourth-order valence-electron chi connectivity index (χ4n) is 1.40. The highest BCUT2D eigenvalue weighted by Crippen LogP contribution is 2.12. The van der Waals surface area contributed by atoms with E-state index in [9.17, 15) is 0 Å². The van der Waals surface area contributed by atoms with Gasteiger partial charge in [0, 0.05) is 23.2 Å². The van der Waals surface area contributed by atoms with Gasteiger partial charge >= 0.3 is 0 Å². The molecule has 2 rings (SSSR count). The van der Waals surface area contributed by atoms with Crippen molar-refractivity contribution >= 4 is 11.3 Å². The van der Waals surface area contributed by atoms with Crippen LogP contribution in [0.5, 0.6) is 0 Å². The molecule has 0 aromatic carbocycles. The maximum atomic E-state index is 5.59. The fraction of sp³-hybridized carbons (Fsp3) is 0.300. The second-order valence-electron chi connectivity index (χ2n) is 3.22. The Bertz CT molecular complexity index is 403. The van der Waals surface area contributed by atoms with Crippen LogP contribution in [0.15, 0.2) is 23.7 Å². The molecule has 2 heterocycles. The van der Waals surface area contributed by atoms with E-state index >= 15 is 0 Å². The average molecular weight is 207 g/mol. The van der Waals surface area contributed by atoms with Crippen LogP contribution in [0.2, 0.25) is 0 Å². The number of aryl methyl sites for hydroxylation is 1. The highest BCUT2D eigenvalue weighted by molar-refractivity contribution is 7.09. The van der Waals surface area contributed by atoms with Gasteiger partial charge in [0.15, 0.2) is 0 Å². The summed E-state index contributed by atoms with van der Waals surface area (Å²) in [5.74, 6) is 0. The van der Waals surface area contributed by atoms with E-state index in [4.69, 9.17) is 5.73 Å². The first-order valence-corrected chi connectivity index (χ1v) is 5.43. The SMILES string of the molecule is Cc1nn(Cc2cccs2)cc1CN. The molecule has 0 radical (unpaired) electrons. The van der Waals surface area contributed by atoms with Gasteiger partial charge in [-0.25, -0.2) is 0 Å². The van der Waals surface area contributed by atoms with Crippen LogP contribution >= 0.6 is 11.3 Å². The number of thiophene rings is 1. The minimum absolute atomic E-state index is 0.566. The molecule has 2 N–H and O–H groups in total. The maximum absolute atomic E-state index is 5.59. The van der Waals surface area contributed by atoms with Gasteiger partial charge in [0.25, 0.3) is 0 Å². The van der Waals surface area contributed by atoms with Crippen LogP contribution in [0, 0.1) is 6.92 Å². The lowest BCUT2D eigenvalue weighted by Gasteiger charge is -1.96. The number of rotatable bonds is 3. The van der Waals surface area contributed by atoms with Gasteiger partial charge < -0.3 is 5.73 Å². The molecule has 0 amide bonds. The Morgan fingerprint density at radius 1 is 1.57 bits per heavy atom. The molecular formula is C10H13N3S.